The van der Waals surface area contributed by atoms with E-state index in [-0.39, 0.29) is 0 Å². The van der Waals surface area contributed by atoms with E-state index >= 15 is 0 Å². The molecule has 1 heterocycles. The van der Waals surface area contributed by atoms with Gasteiger partial charge >= 0.3 is 0 Å². The van der Waals surface area contributed by atoms with Crippen molar-refractivity contribution in [2.75, 3.05) is 0 Å². The summed E-state index contributed by atoms with van der Waals surface area (Å²) in [4.78, 5) is 0. The van der Waals surface area contributed by atoms with Gasteiger partial charge in [-0.05, 0) is 51.7 Å². The van der Waals surface area contributed by atoms with Crippen LogP contribution in [0.3, 0.4) is 0 Å². The maximum Gasteiger partial charge on any atom is 0.0364 e. The fourth-order valence-corrected chi connectivity index (χ4v) is 2.19. The molecule has 0 spiro atoms. The van der Waals surface area contributed by atoms with E-state index in [0.29, 0.717) is 5.54 Å². The van der Waals surface area contributed by atoms with Crippen LogP contribution in [-0.4, -0.2) is 10.1 Å². The first kappa shape index (κ1) is 10.7. The first-order valence-corrected chi connectivity index (χ1v) is 6.02. The van der Waals surface area contributed by atoms with Crippen LogP contribution >= 0.6 is 0 Å². The molecule has 1 aliphatic rings. The second-order valence-electron chi connectivity index (χ2n) is 5.14. The number of aromatic nitrogens is 1. The Bertz CT molecular complexity index is 321. The molecule has 0 unspecified atom stereocenters. The molecule has 0 aliphatic heterocycles. The van der Waals surface area contributed by atoms with Crippen molar-refractivity contribution < 1.29 is 0 Å². The normalized spacial score (nSPS) is 17.0. The number of nitrogens with zero attached hydrogens (tertiary/aromatic N) is 1. The summed E-state index contributed by atoms with van der Waals surface area (Å²) in [6, 6.07) is 4.34. The zero-order valence-corrected chi connectivity index (χ0v) is 10.1. The summed E-state index contributed by atoms with van der Waals surface area (Å²) in [6.45, 7) is 8.89. The zero-order valence-electron chi connectivity index (χ0n) is 10.1. The van der Waals surface area contributed by atoms with Crippen molar-refractivity contribution in [1.29, 1.82) is 0 Å². The Morgan fingerprint density at radius 2 is 2.20 bits per heavy atom. The average molecular weight is 206 g/mol. The maximum absolute atomic E-state index is 3.68. The molecule has 15 heavy (non-hydrogen) atoms. The molecule has 1 N–H and O–H groups in total. The third-order valence-corrected chi connectivity index (χ3v) is 3.59. The molecule has 0 radical (unpaired) electrons. The molecule has 1 aromatic heterocycles. The Hall–Kier alpha value is -0.760. The third-order valence-electron chi connectivity index (χ3n) is 3.59. The van der Waals surface area contributed by atoms with E-state index in [4.69, 9.17) is 0 Å². The maximum atomic E-state index is 3.68. The van der Waals surface area contributed by atoms with Crippen molar-refractivity contribution >= 4 is 0 Å². The molecular weight excluding hydrogens is 184 g/mol. The highest BCUT2D eigenvalue weighted by atomic mass is 15.0. The lowest BCUT2D eigenvalue weighted by Crippen LogP contribution is -2.41. The van der Waals surface area contributed by atoms with Gasteiger partial charge in [-0.25, -0.2) is 0 Å². The monoisotopic (exact) mass is 206 g/mol. The minimum Gasteiger partial charge on any atom is -0.351 e. The molecule has 2 nitrogen and oxygen atoms in total. The smallest absolute Gasteiger partial charge is 0.0364 e. The Labute approximate surface area is 92.7 Å². The Balaban J connectivity index is 1.92. The summed E-state index contributed by atoms with van der Waals surface area (Å²) in [5.41, 5.74) is 1.70. The van der Waals surface area contributed by atoms with E-state index < -0.39 is 0 Å². The van der Waals surface area contributed by atoms with E-state index in [2.05, 4.69) is 49.0 Å². The van der Waals surface area contributed by atoms with Crippen LogP contribution in [0.5, 0.6) is 0 Å². The largest absolute Gasteiger partial charge is 0.351 e. The SMILES string of the molecule is CCn1cccc1CNC(C)(C)C1CC1. The standard InChI is InChI=1S/C13H22N2/c1-4-15-9-5-6-12(15)10-14-13(2,3)11-7-8-11/h5-6,9,11,14H,4,7-8,10H2,1-3H3. The molecule has 0 aromatic carbocycles. The number of aryl methyl sites for hydroxylation is 1. The van der Waals surface area contributed by atoms with Crippen molar-refractivity contribution in [3.8, 4) is 0 Å². The molecule has 1 aliphatic carbocycles. The lowest BCUT2D eigenvalue weighted by molar-refractivity contribution is 0.335. The first-order valence-electron chi connectivity index (χ1n) is 6.02. The van der Waals surface area contributed by atoms with Gasteiger partial charge in [0.15, 0.2) is 0 Å². The van der Waals surface area contributed by atoms with E-state index in [1.54, 1.807) is 0 Å². The van der Waals surface area contributed by atoms with Gasteiger partial charge in [0.2, 0.25) is 0 Å². The van der Waals surface area contributed by atoms with Crippen molar-refractivity contribution in [1.82, 2.24) is 9.88 Å². The predicted octanol–water partition coefficient (Wildman–Crippen LogP) is 2.79. The summed E-state index contributed by atoms with van der Waals surface area (Å²) in [6.07, 6.45) is 4.95. The second kappa shape index (κ2) is 4.01. The van der Waals surface area contributed by atoms with Gasteiger partial charge in [-0.1, -0.05) is 0 Å². The quantitative estimate of drug-likeness (QED) is 0.784. The van der Waals surface area contributed by atoms with Gasteiger partial charge in [0, 0.05) is 30.5 Å². The first-order chi connectivity index (χ1) is 7.13. The summed E-state index contributed by atoms with van der Waals surface area (Å²) in [5.74, 6) is 0.891. The molecule has 0 amide bonds. The van der Waals surface area contributed by atoms with Gasteiger partial charge in [-0.2, -0.15) is 0 Å². The van der Waals surface area contributed by atoms with Crippen LogP contribution in [-0.2, 0) is 13.1 Å². The highest BCUT2D eigenvalue weighted by Gasteiger charge is 2.37. The third kappa shape index (κ3) is 2.43. The molecule has 84 valence electrons. The minimum atomic E-state index is 0.308. The molecule has 0 saturated heterocycles. The predicted molar refractivity (Wildman–Crippen MR) is 63.7 cm³/mol. The topological polar surface area (TPSA) is 17.0 Å². The Morgan fingerprint density at radius 3 is 2.80 bits per heavy atom. The van der Waals surface area contributed by atoms with E-state index in [9.17, 15) is 0 Å². The molecule has 2 rings (SSSR count). The van der Waals surface area contributed by atoms with Gasteiger partial charge in [-0.3, -0.25) is 0 Å². The van der Waals surface area contributed by atoms with E-state index in [0.717, 1.165) is 19.0 Å². The van der Waals surface area contributed by atoms with E-state index in [1.807, 2.05) is 0 Å². The summed E-state index contributed by atoms with van der Waals surface area (Å²) in [7, 11) is 0. The van der Waals surface area contributed by atoms with Crippen molar-refractivity contribution in [2.45, 2.75) is 52.2 Å². The Kier molecular flexibility index (Phi) is 2.87. The van der Waals surface area contributed by atoms with Crippen LogP contribution < -0.4 is 5.32 Å². The number of rotatable bonds is 5. The lowest BCUT2D eigenvalue weighted by atomic mass is 9.99. The van der Waals surface area contributed by atoms with Gasteiger partial charge in [0.1, 0.15) is 0 Å². The number of hydrogen-bond acceptors (Lipinski definition) is 1. The van der Waals surface area contributed by atoms with Crippen LogP contribution in [0.1, 0.15) is 39.3 Å². The highest BCUT2D eigenvalue weighted by Crippen LogP contribution is 2.39. The number of hydrogen-bond donors (Lipinski definition) is 1. The summed E-state index contributed by atoms with van der Waals surface area (Å²) in [5, 5.41) is 3.68. The van der Waals surface area contributed by atoms with Gasteiger partial charge in [0.05, 0.1) is 0 Å². The van der Waals surface area contributed by atoms with Crippen LogP contribution in [0, 0.1) is 5.92 Å². The molecule has 0 atom stereocenters. The van der Waals surface area contributed by atoms with Gasteiger partial charge in [-0.15, -0.1) is 0 Å². The van der Waals surface area contributed by atoms with Crippen molar-refractivity contribution in [3.63, 3.8) is 0 Å². The Morgan fingerprint density at radius 1 is 1.47 bits per heavy atom. The van der Waals surface area contributed by atoms with Crippen molar-refractivity contribution in [2.24, 2.45) is 5.92 Å². The zero-order chi connectivity index (χ0) is 10.9. The lowest BCUT2D eigenvalue weighted by Gasteiger charge is -2.26. The second-order valence-corrected chi connectivity index (χ2v) is 5.14. The minimum absolute atomic E-state index is 0.308. The van der Waals surface area contributed by atoms with Gasteiger partial charge < -0.3 is 9.88 Å². The van der Waals surface area contributed by atoms with Crippen LogP contribution in [0.2, 0.25) is 0 Å². The van der Waals surface area contributed by atoms with Crippen LogP contribution in [0.4, 0.5) is 0 Å². The molecule has 1 fully saturated rings. The molecule has 0 bridgehead atoms. The fraction of sp³-hybridized carbons (Fsp3) is 0.692. The summed E-state index contributed by atoms with van der Waals surface area (Å²) >= 11 is 0. The number of nitrogens with one attached hydrogen (secondary N) is 1. The summed E-state index contributed by atoms with van der Waals surface area (Å²) < 4.78 is 2.30. The van der Waals surface area contributed by atoms with E-state index in [1.165, 1.54) is 18.5 Å². The molecule has 1 aromatic rings. The molecule has 1 saturated carbocycles. The highest BCUT2D eigenvalue weighted by molar-refractivity contribution is 5.08. The van der Waals surface area contributed by atoms with Crippen LogP contribution in [0.15, 0.2) is 18.3 Å². The van der Waals surface area contributed by atoms with Crippen molar-refractivity contribution in [3.05, 3.63) is 24.0 Å². The fourth-order valence-electron chi connectivity index (χ4n) is 2.19. The molecule has 2 heteroatoms. The molecular formula is C13H22N2. The van der Waals surface area contributed by atoms with Gasteiger partial charge in [0.25, 0.3) is 0 Å². The van der Waals surface area contributed by atoms with Crippen LogP contribution in [0.25, 0.3) is 0 Å². The average Bonchev–Trinajstić information content (AvgIpc) is 2.96.